The molecule has 1 aromatic carbocycles. The van der Waals surface area contributed by atoms with E-state index in [1.165, 1.54) is 16.8 Å². The third-order valence-corrected chi connectivity index (χ3v) is 4.82. The first-order chi connectivity index (χ1) is 13.5. The molecule has 0 unspecified atom stereocenters. The number of carbonyl (C=O) groups excluding carboxylic acids is 1. The van der Waals surface area contributed by atoms with Crippen LogP contribution in [0.3, 0.4) is 0 Å². The minimum atomic E-state index is -0.507. The van der Waals surface area contributed by atoms with Crippen LogP contribution < -0.4 is 11.2 Å². The van der Waals surface area contributed by atoms with Crippen molar-refractivity contribution in [3.05, 3.63) is 69.0 Å². The first-order valence-electron chi connectivity index (χ1n) is 9.36. The molecule has 1 saturated heterocycles. The van der Waals surface area contributed by atoms with E-state index in [9.17, 15) is 14.4 Å². The predicted molar refractivity (Wildman–Crippen MR) is 105 cm³/mol. The summed E-state index contributed by atoms with van der Waals surface area (Å²) in [5.41, 5.74) is 0.0763. The Kier molecular flexibility index (Phi) is 6.43. The van der Waals surface area contributed by atoms with Crippen molar-refractivity contribution in [2.24, 2.45) is 0 Å². The lowest BCUT2D eigenvalue weighted by Gasteiger charge is -2.42. The number of H-pyrrole nitrogens is 1. The summed E-state index contributed by atoms with van der Waals surface area (Å²) in [6.45, 7) is 1.89. The van der Waals surface area contributed by atoms with E-state index < -0.39 is 11.2 Å². The molecule has 1 aromatic heterocycles. The average Bonchev–Trinajstić information content (AvgIpc) is 2.67. The second-order valence-electron chi connectivity index (χ2n) is 7.17. The highest BCUT2D eigenvalue weighted by Crippen LogP contribution is 2.30. The summed E-state index contributed by atoms with van der Waals surface area (Å²) in [5.74, 6) is -0.0426. The zero-order chi connectivity index (χ0) is 20.1. The number of aromatic nitrogens is 2. The van der Waals surface area contributed by atoms with E-state index in [2.05, 4.69) is 9.88 Å². The van der Waals surface area contributed by atoms with Gasteiger partial charge >= 0.3 is 5.69 Å². The molecule has 1 aliphatic heterocycles. The number of hydrogen-bond acceptors (Lipinski definition) is 5. The van der Waals surface area contributed by atoms with Crippen LogP contribution >= 0.6 is 0 Å². The van der Waals surface area contributed by atoms with Gasteiger partial charge in [0.2, 0.25) is 5.91 Å². The van der Waals surface area contributed by atoms with Gasteiger partial charge in [0.1, 0.15) is 0 Å². The second kappa shape index (κ2) is 8.99. The van der Waals surface area contributed by atoms with Crippen molar-refractivity contribution in [3.63, 3.8) is 0 Å². The Hall–Kier alpha value is -2.71. The van der Waals surface area contributed by atoms with E-state index in [1.807, 2.05) is 49.3 Å². The highest BCUT2D eigenvalue weighted by molar-refractivity contribution is 5.77. The molecule has 1 amide bonds. The Bertz CT molecular complexity index is 906. The van der Waals surface area contributed by atoms with Crippen LogP contribution in [0.25, 0.3) is 0 Å². The molecule has 1 aliphatic rings. The molecule has 1 N–H and O–H groups in total. The SMILES string of the molecule is CN(C)C[C@@H]1OCCN(C(=O)CCn2ccc(=O)[nH]c2=O)[C@H]1c1ccccc1. The van der Waals surface area contributed by atoms with Gasteiger partial charge in [0.05, 0.1) is 18.8 Å². The number of ether oxygens (including phenoxy) is 1. The molecule has 0 spiro atoms. The van der Waals surface area contributed by atoms with Gasteiger partial charge in [-0.25, -0.2) is 4.79 Å². The quantitative estimate of drug-likeness (QED) is 0.779. The Morgan fingerprint density at radius 3 is 2.64 bits per heavy atom. The van der Waals surface area contributed by atoms with E-state index in [1.54, 1.807) is 0 Å². The van der Waals surface area contributed by atoms with Crippen molar-refractivity contribution < 1.29 is 9.53 Å². The number of likely N-dealkylation sites (N-methyl/N-ethyl adjacent to an activating group) is 1. The van der Waals surface area contributed by atoms with Gasteiger partial charge in [-0.2, -0.15) is 0 Å². The smallest absolute Gasteiger partial charge is 0.328 e. The number of benzene rings is 1. The number of hydrogen-bond donors (Lipinski definition) is 1. The largest absolute Gasteiger partial charge is 0.373 e. The van der Waals surface area contributed by atoms with Crippen LogP contribution in [0.1, 0.15) is 18.0 Å². The number of amides is 1. The molecule has 0 bridgehead atoms. The normalized spacial score (nSPS) is 19.8. The topological polar surface area (TPSA) is 87.6 Å². The molecular weight excluding hydrogens is 360 g/mol. The third kappa shape index (κ3) is 4.76. The van der Waals surface area contributed by atoms with Gasteiger partial charge in [-0.15, -0.1) is 0 Å². The molecule has 2 aromatic rings. The van der Waals surface area contributed by atoms with Crippen LogP contribution in [0, 0.1) is 0 Å². The number of rotatable bonds is 6. The van der Waals surface area contributed by atoms with Crippen molar-refractivity contribution >= 4 is 5.91 Å². The summed E-state index contributed by atoms with van der Waals surface area (Å²) in [6.07, 6.45) is 1.45. The maximum Gasteiger partial charge on any atom is 0.328 e. The first-order valence-corrected chi connectivity index (χ1v) is 9.36. The van der Waals surface area contributed by atoms with Gasteiger partial charge in [-0.3, -0.25) is 14.6 Å². The summed E-state index contributed by atoms with van der Waals surface area (Å²) in [7, 11) is 3.96. The predicted octanol–water partition coefficient (Wildman–Crippen LogP) is 0.457. The monoisotopic (exact) mass is 386 g/mol. The van der Waals surface area contributed by atoms with Crippen molar-refractivity contribution in [3.8, 4) is 0 Å². The molecule has 0 radical (unpaired) electrons. The number of aromatic amines is 1. The number of carbonyl (C=O) groups is 1. The highest BCUT2D eigenvalue weighted by Gasteiger charge is 2.36. The van der Waals surface area contributed by atoms with Crippen LogP contribution in [0.2, 0.25) is 0 Å². The minimum Gasteiger partial charge on any atom is -0.373 e. The van der Waals surface area contributed by atoms with Gasteiger partial charge in [0, 0.05) is 38.3 Å². The molecule has 0 aliphatic carbocycles. The summed E-state index contributed by atoms with van der Waals surface area (Å²) < 4.78 is 7.34. The fourth-order valence-electron chi connectivity index (χ4n) is 3.55. The van der Waals surface area contributed by atoms with Crippen LogP contribution in [0.4, 0.5) is 0 Å². The maximum absolute atomic E-state index is 13.0. The van der Waals surface area contributed by atoms with Crippen molar-refractivity contribution in [2.45, 2.75) is 25.1 Å². The zero-order valence-electron chi connectivity index (χ0n) is 16.2. The van der Waals surface area contributed by atoms with Crippen molar-refractivity contribution in [1.82, 2.24) is 19.4 Å². The van der Waals surface area contributed by atoms with E-state index in [0.717, 1.165) is 5.56 Å². The number of morpholine rings is 1. The second-order valence-corrected chi connectivity index (χ2v) is 7.17. The lowest BCUT2D eigenvalue weighted by molar-refractivity contribution is -0.148. The molecule has 28 heavy (non-hydrogen) atoms. The Morgan fingerprint density at radius 1 is 1.21 bits per heavy atom. The third-order valence-electron chi connectivity index (χ3n) is 4.82. The summed E-state index contributed by atoms with van der Waals surface area (Å²) in [6, 6.07) is 11.0. The fourth-order valence-corrected chi connectivity index (χ4v) is 3.55. The van der Waals surface area contributed by atoms with Crippen LogP contribution in [-0.2, 0) is 16.1 Å². The Balaban J connectivity index is 1.79. The molecule has 1 fully saturated rings. The summed E-state index contributed by atoms with van der Waals surface area (Å²) in [4.78, 5) is 42.2. The highest BCUT2D eigenvalue weighted by atomic mass is 16.5. The van der Waals surface area contributed by atoms with Crippen LogP contribution in [-0.4, -0.2) is 65.2 Å². The zero-order valence-corrected chi connectivity index (χ0v) is 16.2. The Morgan fingerprint density at radius 2 is 1.96 bits per heavy atom. The minimum absolute atomic E-state index is 0.0426. The van der Waals surface area contributed by atoms with Crippen LogP contribution in [0.15, 0.2) is 52.2 Å². The van der Waals surface area contributed by atoms with Gasteiger partial charge in [0.15, 0.2) is 0 Å². The summed E-state index contributed by atoms with van der Waals surface area (Å²) >= 11 is 0. The first kappa shape index (κ1) is 20.0. The van der Waals surface area contributed by atoms with E-state index >= 15 is 0 Å². The van der Waals surface area contributed by atoms with E-state index in [0.29, 0.717) is 19.7 Å². The van der Waals surface area contributed by atoms with E-state index in [4.69, 9.17) is 4.74 Å². The fraction of sp³-hybridized carbons (Fsp3) is 0.450. The molecule has 2 atom stereocenters. The lowest BCUT2D eigenvalue weighted by Crippen LogP contribution is -2.51. The maximum atomic E-state index is 13.0. The molecule has 0 saturated carbocycles. The van der Waals surface area contributed by atoms with Gasteiger partial charge in [-0.05, 0) is 19.7 Å². The van der Waals surface area contributed by atoms with Crippen molar-refractivity contribution in [2.75, 3.05) is 33.8 Å². The molecule has 3 rings (SSSR count). The molecule has 8 heteroatoms. The average molecular weight is 386 g/mol. The van der Waals surface area contributed by atoms with E-state index in [-0.39, 0.29) is 31.0 Å². The molecular formula is C20H26N4O4. The number of aryl methyl sites for hydroxylation is 1. The standard InChI is InChI=1S/C20H26N4O4/c1-22(2)14-16-19(15-6-4-3-5-7-15)24(12-13-28-16)18(26)9-11-23-10-8-17(25)21-20(23)27/h3-8,10,16,19H,9,11-14H2,1-2H3,(H,21,25,27)/t16-,19-/m0/s1. The van der Waals surface area contributed by atoms with Gasteiger partial charge < -0.3 is 19.1 Å². The van der Waals surface area contributed by atoms with Crippen molar-refractivity contribution in [1.29, 1.82) is 0 Å². The lowest BCUT2D eigenvalue weighted by atomic mass is 9.97. The number of nitrogens with one attached hydrogen (secondary N) is 1. The molecule has 8 nitrogen and oxygen atoms in total. The summed E-state index contributed by atoms with van der Waals surface area (Å²) in [5, 5.41) is 0. The molecule has 150 valence electrons. The number of nitrogens with zero attached hydrogens (tertiary/aromatic N) is 3. The van der Waals surface area contributed by atoms with Gasteiger partial charge in [-0.1, -0.05) is 30.3 Å². The molecule has 2 heterocycles. The Labute approximate surface area is 163 Å². The van der Waals surface area contributed by atoms with Gasteiger partial charge in [0.25, 0.3) is 5.56 Å². The van der Waals surface area contributed by atoms with Crippen LogP contribution in [0.5, 0.6) is 0 Å².